The van der Waals surface area contributed by atoms with E-state index < -0.39 is 0 Å². The zero-order valence-electron chi connectivity index (χ0n) is 8.76. The summed E-state index contributed by atoms with van der Waals surface area (Å²) in [4.78, 5) is 11.1. The average Bonchev–Trinajstić information content (AvgIpc) is 2.66. The summed E-state index contributed by atoms with van der Waals surface area (Å²) < 4.78 is 0. The van der Waals surface area contributed by atoms with Crippen molar-refractivity contribution in [1.82, 2.24) is 5.32 Å². The molecule has 1 atom stereocenters. The Hall–Kier alpha value is -0.570. The van der Waals surface area contributed by atoms with E-state index >= 15 is 0 Å². The summed E-state index contributed by atoms with van der Waals surface area (Å²) in [5.41, 5.74) is 5.47. The minimum absolute atomic E-state index is 0.146. The highest BCUT2D eigenvalue weighted by Gasteiger charge is 2.29. The second kappa shape index (κ2) is 3.66. The van der Waals surface area contributed by atoms with Crippen molar-refractivity contribution in [3.05, 3.63) is 0 Å². The Bertz CT molecular complexity index is 192. The lowest BCUT2D eigenvalue weighted by Crippen LogP contribution is -2.44. The van der Waals surface area contributed by atoms with Crippen LogP contribution in [0.4, 0.5) is 0 Å². The summed E-state index contributed by atoms with van der Waals surface area (Å²) in [5, 5.41) is 3.27. The monoisotopic (exact) mass is 184 g/mol. The molecular formula is C10H20N2O. The van der Waals surface area contributed by atoms with Gasteiger partial charge >= 0.3 is 0 Å². The molecule has 0 aromatic rings. The quantitative estimate of drug-likeness (QED) is 0.685. The summed E-state index contributed by atoms with van der Waals surface area (Å²) in [6.07, 6.45) is 3.20. The van der Waals surface area contributed by atoms with E-state index in [-0.39, 0.29) is 17.4 Å². The van der Waals surface area contributed by atoms with Crippen LogP contribution < -0.4 is 11.1 Å². The lowest BCUT2D eigenvalue weighted by Gasteiger charge is -2.24. The van der Waals surface area contributed by atoms with E-state index in [9.17, 15) is 4.79 Å². The summed E-state index contributed by atoms with van der Waals surface area (Å²) in [5.74, 6) is -0.221. The van der Waals surface area contributed by atoms with Gasteiger partial charge in [-0.15, -0.1) is 0 Å². The maximum atomic E-state index is 11.1. The molecule has 0 radical (unpaired) electrons. The predicted molar refractivity (Wildman–Crippen MR) is 53.2 cm³/mol. The second-order valence-electron chi connectivity index (χ2n) is 5.16. The fraction of sp³-hybridized carbons (Fsp3) is 0.900. The maximum Gasteiger partial charge on any atom is 0.234 e. The van der Waals surface area contributed by atoms with Gasteiger partial charge in [-0.3, -0.25) is 4.79 Å². The fourth-order valence-corrected chi connectivity index (χ4v) is 1.39. The van der Waals surface area contributed by atoms with Gasteiger partial charge in [0.15, 0.2) is 0 Å². The molecule has 3 N–H and O–H groups in total. The van der Waals surface area contributed by atoms with Crippen molar-refractivity contribution in [2.24, 2.45) is 11.1 Å². The Balaban J connectivity index is 2.41. The average molecular weight is 184 g/mol. The standard InChI is InChI=1S/C10H20N2O/c1-10(2,3)6-8(9(11)13)12-7-4-5-7/h7-8,12H,4-6H2,1-3H3,(H2,11,13). The number of hydrogen-bond donors (Lipinski definition) is 2. The van der Waals surface area contributed by atoms with Crippen molar-refractivity contribution in [2.45, 2.75) is 52.1 Å². The lowest BCUT2D eigenvalue weighted by molar-refractivity contribution is -0.120. The van der Waals surface area contributed by atoms with Crippen LogP contribution in [0.5, 0.6) is 0 Å². The van der Waals surface area contributed by atoms with E-state index in [0.717, 1.165) is 6.42 Å². The highest BCUT2D eigenvalue weighted by molar-refractivity contribution is 5.79. The van der Waals surface area contributed by atoms with Gasteiger partial charge in [-0.25, -0.2) is 0 Å². The second-order valence-corrected chi connectivity index (χ2v) is 5.16. The van der Waals surface area contributed by atoms with Gasteiger partial charge in [0.25, 0.3) is 0 Å². The highest BCUT2D eigenvalue weighted by atomic mass is 16.1. The van der Waals surface area contributed by atoms with Gasteiger partial charge < -0.3 is 11.1 Å². The topological polar surface area (TPSA) is 55.1 Å². The van der Waals surface area contributed by atoms with E-state index in [1.807, 2.05) is 0 Å². The van der Waals surface area contributed by atoms with Crippen LogP contribution >= 0.6 is 0 Å². The molecule has 1 unspecified atom stereocenters. The van der Waals surface area contributed by atoms with Gasteiger partial charge in [0.1, 0.15) is 0 Å². The van der Waals surface area contributed by atoms with E-state index in [4.69, 9.17) is 5.73 Å². The third-order valence-electron chi connectivity index (χ3n) is 2.17. The van der Waals surface area contributed by atoms with Crippen LogP contribution in [0.2, 0.25) is 0 Å². The van der Waals surface area contributed by atoms with Crippen LogP contribution in [0.1, 0.15) is 40.0 Å². The van der Waals surface area contributed by atoms with E-state index in [1.165, 1.54) is 12.8 Å². The van der Waals surface area contributed by atoms with E-state index in [1.54, 1.807) is 0 Å². The van der Waals surface area contributed by atoms with Crippen LogP contribution in [-0.2, 0) is 4.79 Å². The molecule has 76 valence electrons. The van der Waals surface area contributed by atoms with Crippen LogP contribution in [0.25, 0.3) is 0 Å². The first-order chi connectivity index (χ1) is 5.88. The number of nitrogens with one attached hydrogen (secondary N) is 1. The van der Waals surface area contributed by atoms with Crippen molar-refractivity contribution in [3.63, 3.8) is 0 Å². The van der Waals surface area contributed by atoms with Gasteiger partial charge in [-0.1, -0.05) is 20.8 Å². The number of carbonyl (C=O) groups is 1. The molecule has 3 nitrogen and oxygen atoms in total. The molecule has 1 aliphatic rings. The molecular weight excluding hydrogens is 164 g/mol. The fourth-order valence-electron chi connectivity index (χ4n) is 1.39. The minimum Gasteiger partial charge on any atom is -0.368 e. The first kappa shape index (κ1) is 10.5. The molecule has 0 saturated heterocycles. The number of carbonyl (C=O) groups excluding carboxylic acids is 1. The smallest absolute Gasteiger partial charge is 0.234 e. The minimum atomic E-state index is -0.221. The Labute approximate surface area is 80.1 Å². The van der Waals surface area contributed by atoms with Gasteiger partial charge in [-0.2, -0.15) is 0 Å². The first-order valence-electron chi connectivity index (χ1n) is 4.94. The van der Waals surface area contributed by atoms with Crippen LogP contribution in [0, 0.1) is 5.41 Å². The number of amides is 1. The maximum absolute atomic E-state index is 11.1. The third kappa shape index (κ3) is 4.27. The Morgan fingerprint density at radius 1 is 1.54 bits per heavy atom. The zero-order chi connectivity index (χ0) is 10.1. The number of nitrogens with two attached hydrogens (primary N) is 1. The first-order valence-corrected chi connectivity index (χ1v) is 4.94. The van der Waals surface area contributed by atoms with Crippen molar-refractivity contribution in [3.8, 4) is 0 Å². The summed E-state index contributed by atoms with van der Waals surface area (Å²) >= 11 is 0. The molecule has 3 heteroatoms. The van der Waals surface area contributed by atoms with Gasteiger partial charge in [0.05, 0.1) is 6.04 Å². The van der Waals surface area contributed by atoms with Gasteiger partial charge in [0.2, 0.25) is 5.91 Å². The molecule has 0 bridgehead atoms. The summed E-state index contributed by atoms with van der Waals surface area (Å²) in [6, 6.07) is 0.396. The lowest BCUT2D eigenvalue weighted by atomic mass is 9.88. The number of hydrogen-bond acceptors (Lipinski definition) is 2. The molecule has 1 amide bonds. The zero-order valence-corrected chi connectivity index (χ0v) is 8.76. The van der Waals surface area contributed by atoms with Crippen LogP contribution in [0.15, 0.2) is 0 Å². The SMILES string of the molecule is CC(C)(C)CC(NC1CC1)C(N)=O. The molecule has 0 aromatic heterocycles. The van der Waals surface area contributed by atoms with Crippen LogP contribution in [-0.4, -0.2) is 18.0 Å². The number of rotatable bonds is 4. The Morgan fingerprint density at radius 2 is 2.08 bits per heavy atom. The largest absolute Gasteiger partial charge is 0.368 e. The van der Waals surface area contributed by atoms with Crippen molar-refractivity contribution >= 4 is 5.91 Å². The summed E-state index contributed by atoms with van der Waals surface area (Å²) in [6.45, 7) is 6.37. The van der Waals surface area contributed by atoms with E-state index in [0.29, 0.717) is 6.04 Å². The van der Waals surface area contributed by atoms with Gasteiger partial charge in [0, 0.05) is 6.04 Å². The Kier molecular flexibility index (Phi) is 2.96. The Morgan fingerprint density at radius 3 is 2.38 bits per heavy atom. The van der Waals surface area contributed by atoms with E-state index in [2.05, 4.69) is 26.1 Å². The summed E-state index contributed by atoms with van der Waals surface area (Å²) in [7, 11) is 0. The molecule has 0 heterocycles. The van der Waals surface area contributed by atoms with Crippen molar-refractivity contribution in [2.75, 3.05) is 0 Å². The van der Waals surface area contributed by atoms with Gasteiger partial charge in [-0.05, 0) is 24.7 Å². The molecule has 1 fully saturated rings. The number of primary amides is 1. The van der Waals surface area contributed by atoms with Crippen LogP contribution in [0.3, 0.4) is 0 Å². The molecule has 1 aliphatic carbocycles. The highest BCUT2D eigenvalue weighted by Crippen LogP contribution is 2.24. The molecule has 0 aliphatic heterocycles. The molecule has 0 aromatic carbocycles. The van der Waals surface area contributed by atoms with Crippen molar-refractivity contribution < 1.29 is 4.79 Å². The molecule has 1 rings (SSSR count). The third-order valence-corrected chi connectivity index (χ3v) is 2.17. The van der Waals surface area contributed by atoms with Crippen molar-refractivity contribution in [1.29, 1.82) is 0 Å². The molecule has 13 heavy (non-hydrogen) atoms. The molecule has 1 saturated carbocycles. The predicted octanol–water partition coefficient (Wildman–Crippen LogP) is 1.03. The normalized spacial score (nSPS) is 19.9. The molecule has 0 spiro atoms.